The molecule has 3 aromatic rings. The molecule has 0 aliphatic heterocycles. The molecule has 0 radical (unpaired) electrons. The summed E-state index contributed by atoms with van der Waals surface area (Å²) in [5.41, 5.74) is 2.22. The third-order valence-electron chi connectivity index (χ3n) is 5.21. The highest BCUT2D eigenvalue weighted by atomic mass is 16.5. The number of carbonyl (C=O) groups is 2. The zero-order valence-electron chi connectivity index (χ0n) is 19.3. The lowest BCUT2D eigenvalue weighted by Crippen LogP contribution is -2.16. The molecule has 0 bridgehead atoms. The number of aromatic carboxylic acids is 1. The van der Waals surface area contributed by atoms with Gasteiger partial charge in [0.2, 0.25) is 0 Å². The molecule has 0 aliphatic carbocycles. The molecule has 0 fully saturated rings. The minimum Gasteiger partial charge on any atom is -0.496 e. The predicted octanol–water partition coefficient (Wildman–Crippen LogP) is 3.48. The molecule has 1 N–H and O–H groups in total. The number of rotatable bonds is 8. The predicted molar refractivity (Wildman–Crippen MR) is 118 cm³/mol. The van der Waals surface area contributed by atoms with E-state index in [0.717, 1.165) is 0 Å². The lowest BCUT2D eigenvalue weighted by Gasteiger charge is -2.19. The fraction of sp³-hybridized carbons (Fsp3) is 0.304. The minimum absolute atomic E-state index is 0.0264. The summed E-state index contributed by atoms with van der Waals surface area (Å²) < 4.78 is 23.7. The lowest BCUT2D eigenvalue weighted by molar-refractivity contribution is 0.0688. The third kappa shape index (κ3) is 4.59. The van der Waals surface area contributed by atoms with E-state index in [2.05, 4.69) is 10.1 Å². The number of carboxylic acid groups (broad SMARTS) is 1. The van der Waals surface area contributed by atoms with Crippen molar-refractivity contribution >= 4 is 11.9 Å². The number of hydrogen-bond donors (Lipinski definition) is 1. The maximum Gasteiger partial charge on any atom is 0.347 e. The molecule has 1 heterocycles. The van der Waals surface area contributed by atoms with Crippen molar-refractivity contribution in [3.63, 3.8) is 0 Å². The average Bonchev–Trinajstić information content (AvgIpc) is 3.29. The number of benzene rings is 2. The molecule has 2 aromatic carbocycles. The number of ether oxygens (including phenoxy) is 4. The van der Waals surface area contributed by atoms with Crippen molar-refractivity contribution in [2.45, 2.75) is 34.4 Å². The Bertz CT molecular complexity index is 1200. The summed E-state index contributed by atoms with van der Waals surface area (Å²) in [4.78, 5) is 28.9. The van der Waals surface area contributed by atoms with Gasteiger partial charge in [0.25, 0.3) is 0 Å². The van der Waals surface area contributed by atoms with Gasteiger partial charge in [-0.3, -0.25) is 0 Å². The summed E-state index contributed by atoms with van der Waals surface area (Å²) >= 11 is 0. The summed E-state index contributed by atoms with van der Waals surface area (Å²) in [6.07, 6.45) is 2.78. The number of methoxy groups -OCH3 is 2. The van der Waals surface area contributed by atoms with Crippen molar-refractivity contribution in [1.29, 1.82) is 0 Å². The Morgan fingerprint density at radius 1 is 0.939 bits per heavy atom. The largest absolute Gasteiger partial charge is 0.496 e. The van der Waals surface area contributed by atoms with Crippen LogP contribution in [0.1, 0.15) is 43.0 Å². The van der Waals surface area contributed by atoms with E-state index in [0.29, 0.717) is 33.8 Å². The van der Waals surface area contributed by atoms with Crippen molar-refractivity contribution < 1.29 is 33.6 Å². The van der Waals surface area contributed by atoms with Crippen LogP contribution in [0.5, 0.6) is 23.0 Å². The normalized spacial score (nSPS) is 10.6. The molecular weight excluding hydrogens is 430 g/mol. The summed E-state index contributed by atoms with van der Waals surface area (Å²) in [7, 11) is 3.00. The molecule has 0 spiro atoms. The highest BCUT2D eigenvalue weighted by molar-refractivity contribution is 5.98. The number of esters is 1. The van der Waals surface area contributed by atoms with Crippen LogP contribution in [0.2, 0.25) is 0 Å². The van der Waals surface area contributed by atoms with Gasteiger partial charge in [0.1, 0.15) is 46.8 Å². The summed E-state index contributed by atoms with van der Waals surface area (Å²) in [5, 5.41) is 13.7. The zero-order chi connectivity index (χ0) is 24.3. The van der Waals surface area contributed by atoms with Gasteiger partial charge in [-0.25, -0.2) is 19.3 Å². The topological polar surface area (TPSA) is 122 Å². The first-order chi connectivity index (χ1) is 15.7. The number of nitrogens with zero attached hydrogens (tertiary/aromatic N) is 3. The Labute approximate surface area is 190 Å². The Kier molecular flexibility index (Phi) is 6.86. The molecule has 0 unspecified atom stereocenters. The van der Waals surface area contributed by atoms with E-state index in [1.807, 2.05) is 0 Å². The highest BCUT2D eigenvalue weighted by Crippen LogP contribution is 2.38. The van der Waals surface area contributed by atoms with Gasteiger partial charge in [0.15, 0.2) is 6.73 Å². The molecule has 174 valence electrons. The smallest absolute Gasteiger partial charge is 0.347 e. The highest BCUT2D eigenvalue weighted by Gasteiger charge is 2.26. The van der Waals surface area contributed by atoms with Gasteiger partial charge in [0, 0.05) is 11.1 Å². The van der Waals surface area contributed by atoms with Gasteiger partial charge in [-0.15, -0.1) is 0 Å². The van der Waals surface area contributed by atoms with Crippen LogP contribution in [-0.2, 0) is 6.73 Å². The Hall–Kier alpha value is -4.08. The first kappa shape index (κ1) is 23.6. The Balaban J connectivity index is 2.03. The van der Waals surface area contributed by atoms with Gasteiger partial charge in [-0.1, -0.05) is 0 Å². The molecule has 0 saturated heterocycles. The Morgan fingerprint density at radius 3 is 2.15 bits per heavy atom. The van der Waals surface area contributed by atoms with Gasteiger partial charge in [-0.05, 0) is 51.0 Å². The van der Waals surface area contributed by atoms with Crippen LogP contribution in [0.3, 0.4) is 0 Å². The molecule has 0 saturated carbocycles. The fourth-order valence-electron chi connectivity index (χ4n) is 3.57. The van der Waals surface area contributed by atoms with Crippen LogP contribution < -0.4 is 18.9 Å². The molecule has 10 nitrogen and oxygen atoms in total. The second-order valence-corrected chi connectivity index (χ2v) is 7.35. The molecule has 3 rings (SSSR count). The van der Waals surface area contributed by atoms with E-state index in [-0.39, 0.29) is 29.4 Å². The Morgan fingerprint density at radius 2 is 1.58 bits per heavy atom. The number of hydrogen-bond acceptors (Lipinski definition) is 8. The van der Waals surface area contributed by atoms with Crippen LogP contribution in [-0.4, -0.2) is 46.0 Å². The van der Waals surface area contributed by atoms with Gasteiger partial charge < -0.3 is 24.1 Å². The maximum atomic E-state index is 13.2. The minimum atomic E-state index is -1.16. The first-order valence-corrected chi connectivity index (χ1v) is 9.96. The summed E-state index contributed by atoms with van der Waals surface area (Å²) in [6.45, 7) is 6.68. The fourth-order valence-corrected chi connectivity index (χ4v) is 3.57. The molecule has 0 aliphatic rings. The summed E-state index contributed by atoms with van der Waals surface area (Å²) in [5.74, 6) is -0.631. The second-order valence-electron chi connectivity index (χ2n) is 7.35. The molecule has 33 heavy (non-hydrogen) atoms. The molecule has 0 atom stereocenters. The SMILES string of the molecule is COc1cc(C)c(C(=O)Oc2cc(C)c(C(=O)O)c(OCn3cncn3)c2C)c(OC)c1C. The van der Waals surface area contributed by atoms with Crippen molar-refractivity contribution in [2.24, 2.45) is 0 Å². The molecule has 0 amide bonds. The number of carbonyl (C=O) groups excluding carboxylic acids is 1. The summed E-state index contributed by atoms with van der Waals surface area (Å²) in [6, 6.07) is 3.23. The second kappa shape index (κ2) is 9.60. The maximum absolute atomic E-state index is 13.2. The van der Waals surface area contributed by atoms with E-state index in [1.165, 1.54) is 37.6 Å². The van der Waals surface area contributed by atoms with E-state index >= 15 is 0 Å². The van der Waals surface area contributed by atoms with Crippen LogP contribution >= 0.6 is 0 Å². The standard InChI is InChI=1S/C23H25N3O7/c1-12-8-17(15(4)21(18(12)22(27)28)32-11-26-10-24-9-25-26)33-23(29)19-13(2)7-16(30-5)14(3)20(19)31-6/h7-10H,11H2,1-6H3,(H,27,28). The van der Waals surface area contributed by atoms with Gasteiger partial charge in [0.05, 0.1) is 14.2 Å². The van der Waals surface area contributed by atoms with E-state index < -0.39 is 11.9 Å². The van der Waals surface area contributed by atoms with Crippen LogP contribution in [0.25, 0.3) is 0 Å². The average molecular weight is 455 g/mol. The van der Waals surface area contributed by atoms with Crippen molar-refractivity contribution in [2.75, 3.05) is 14.2 Å². The van der Waals surface area contributed by atoms with Gasteiger partial charge in [-0.2, -0.15) is 5.10 Å². The van der Waals surface area contributed by atoms with Crippen molar-refractivity contribution in [1.82, 2.24) is 14.8 Å². The number of aryl methyl sites for hydroxylation is 2. The third-order valence-corrected chi connectivity index (χ3v) is 5.21. The number of aromatic nitrogens is 3. The molecule has 1 aromatic heterocycles. The monoisotopic (exact) mass is 455 g/mol. The van der Waals surface area contributed by atoms with E-state index in [9.17, 15) is 14.7 Å². The lowest BCUT2D eigenvalue weighted by atomic mass is 10.0. The van der Waals surface area contributed by atoms with E-state index in [1.54, 1.807) is 33.8 Å². The number of carboxylic acids is 1. The van der Waals surface area contributed by atoms with Crippen LogP contribution in [0.4, 0.5) is 0 Å². The van der Waals surface area contributed by atoms with E-state index in [4.69, 9.17) is 18.9 Å². The zero-order valence-corrected chi connectivity index (χ0v) is 19.3. The first-order valence-electron chi connectivity index (χ1n) is 9.96. The van der Waals surface area contributed by atoms with Crippen LogP contribution in [0.15, 0.2) is 24.8 Å². The molecule has 10 heteroatoms. The van der Waals surface area contributed by atoms with Crippen molar-refractivity contribution in [3.8, 4) is 23.0 Å². The van der Waals surface area contributed by atoms with Gasteiger partial charge >= 0.3 is 11.9 Å². The quantitative estimate of drug-likeness (QED) is 0.402. The van der Waals surface area contributed by atoms with Crippen LogP contribution in [0, 0.1) is 27.7 Å². The van der Waals surface area contributed by atoms with Crippen molar-refractivity contribution in [3.05, 3.63) is 58.2 Å². The molecular formula is C23H25N3O7.